The third-order valence-corrected chi connectivity index (χ3v) is 4.89. The van der Waals surface area contributed by atoms with Gasteiger partial charge in [0.05, 0.1) is 15.6 Å². The van der Waals surface area contributed by atoms with Crippen molar-refractivity contribution in [1.82, 2.24) is 10.3 Å². The summed E-state index contributed by atoms with van der Waals surface area (Å²) in [5.41, 5.74) is 3.96. The van der Waals surface area contributed by atoms with Crippen LogP contribution in [-0.2, 0) is 11.2 Å². The number of amides is 1. The minimum atomic E-state index is -0.454. The molecule has 2 aromatic carbocycles. The fraction of sp³-hybridized carbons (Fsp3) is 0.143. The van der Waals surface area contributed by atoms with E-state index >= 15 is 0 Å². The molecule has 1 amide bonds. The molecule has 0 aliphatic carbocycles. The zero-order chi connectivity index (χ0) is 19.9. The van der Waals surface area contributed by atoms with Gasteiger partial charge in [0.2, 0.25) is 5.91 Å². The predicted molar refractivity (Wildman–Crippen MR) is 111 cm³/mol. The lowest BCUT2D eigenvalue weighted by molar-refractivity contribution is -0.384. The van der Waals surface area contributed by atoms with Gasteiger partial charge in [0.15, 0.2) is 0 Å². The number of nitrogens with zero attached hydrogens (tertiary/aromatic N) is 2. The number of benzene rings is 2. The van der Waals surface area contributed by atoms with Crippen LogP contribution in [0, 0.1) is 17.0 Å². The summed E-state index contributed by atoms with van der Waals surface area (Å²) in [4.78, 5) is 26.6. The van der Waals surface area contributed by atoms with Gasteiger partial charge in [-0.25, -0.2) is 4.98 Å². The first-order valence-corrected chi connectivity index (χ1v) is 9.61. The zero-order valence-corrected chi connectivity index (χ0v) is 16.1. The number of aryl methyl sites for hydroxylation is 1. The summed E-state index contributed by atoms with van der Waals surface area (Å²) in [6, 6.07) is 14.2. The van der Waals surface area contributed by atoms with E-state index < -0.39 is 4.92 Å². The minimum absolute atomic E-state index is 0.0255. The standard InChI is InChI=1S/C21H19N3O3S/c1-15-23-20(14-28-15)18-7-2-17(3-8-18)12-13-22-21(25)11-6-16-4-9-19(10-5-16)24(26)27/h2-11,14H,12-13H2,1H3,(H,22,25)/b11-6+. The first-order chi connectivity index (χ1) is 13.5. The number of carbonyl (C=O) groups excluding carboxylic acids is 1. The van der Waals surface area contributed by atoms with Crippen LogP contribution in [0.25, 0.3) is 17.3 Å². The highest BCUT2D eigenvalue weighted by atomic mass is 32.1. The van der Waals surface area contributed by atoms with Crippen molar-refractivity contribution in [1.29, 1.82) is 0 Å². The topological polar surface area (TPSA) is 85.1 Å². The van der Waals surface area contributed by atoms with Gasteiger partial charge in [-0.05, 0) is 42.7 Å². The fourth-order valence-electron chi connectivity index (χ4n) is 2.61. The Morgan fingerprint density at radius 1 is 1.18 bits per heavy atom. The molecule has 1 aromatic heterocycles. The van der Waals surface area contributed by atoms with Crippen LogP contribution < -0.4 is 5.32 Å². The number of nitrogens with one attached hydrogen (secondary N) is 1. The van der Waals surface area contributed by atoms with Gasteiger partial charge in [-0.15, -0.1) is 11.3 Å². The minimum Gasteiger partial charge on any atom is -0.352 e. The van der Waals surface area contributed by atoms with Crippen molar-refractivity contribution in [2.24, 2.45) is 0 Å². The number of hydrogen-bond acceptors (Lipinski definition) is 5. The van der Waals surface area contributed by atoms with Gasteiger partial charge in [0.25, 0.3) is 5.69 Å². The average molecular weight is 393 g/mol. The molecule has 0 aliphatic rings. The van der Waals surface area contributed by atoms with E-state index in [0.29, 0.717) is 6.54 Å². The molecule has 1 N–H and O–H groups in total. The quantitative estimate of drug-likeness (QED) is 0.366. The summed E-state index contributed by atoms with van der Waals surface area (Å²) < 4.78 is 0. The van der Waals surface area contributed by atoms with Crippen LogP contribution in [0.3, 0.4) is 0 Å². The summed E-state index contributed by atoms with van der Waals surface area (Å²) in [7, 11) is 0. The molecule has 0 atom stereocenters. The van der Waals surface area contributed by atoms with E-state index in [0.717, 1.165) is 33.8 Å². The molecule has 0 aliphatic heterocycles. The number of thiazole rings is 1. The highest BCUT2D eigenvalue weighted by molar-refractivity contribution is 7.09. The van der Waals surface area contributed by atoms with Gasteiger partial charge in [0, 0.05) is 35.7 Å². The summed E-state index contributed by atoms with van der Waals surface area (Å²) in [6.07, 6.45) is 3.78. The number of nitro groups is 1. The molecular weight excluding hydrogens is 374 g/mol. The maximum absolute atomic E-state index is 11.9. The maximum atomic E-state index is 11.9. The second kappa shape index (κ2) is 9.05. The van der Waals surface area contributed by atoms with Crippen molar-refractivity contribution < 1.29 is 9.72 Å². The lowest BCUT2D eigenvalue weighted by atomic mass is 10.1. The Morgan fingerprint density at radius 2 is 1.89 bits per heavy atom. The van der Waals surface area contributed by atoms with Crippen LogP contribution >= 0.6 is 11.3 Å². The molecule has 28 heavy (non-hydrogen) atoms. The van der Waals surface area contributed by atoms with Crippen LogP contribution in [0.15, 0.2) is 60.0 Å². The molecule has 0 saturated carbocycles. The number of nitro benzene ring substituents is 1. The van der Waals surface area contributed by atoms with Crippen molar-refractivity contribution >= 4 is 29.0 Å². The van der Waals surface area contributed by atoms with Crippen LogP contribution in [-0.4, -0.2) is 22.4 Å². The summed E-state index contributed by atoms with van der Waals surface area (Å²) >= 11 is 1.63. The lowest BCUT2D eigenvalue weighted by Crippen LogP contribution is -2.23. The van der Waals surface area contributed by atoms with Crippen LogP contribution in [0.1, 0.15) is 16.1 Å². The van der Waals surface area contributed by atoms with E-state index in [1.54, 1.807) is 29.5 Å². The molecule has 142 valence electrons. The molecule has 0 spiro atoms. The SMILES string of the molecule is Cc1nc(-c2ccc(CCNC(=O)/C=C/c3ccc([N+](=O)[O-])cc3)cc2)cs1. The first kappa shape index (κ1) is 19.4. The Morgan fingerprint density at radius 3 is 2.50 bits per heavy atom. The van der Waals surface area contributed by atoms with E-state index in [2.05, 4.69) is 10.3 Å². The molecular formula is C21H19N3O3S. The molecule has 0 fully saturated rings. The fourth-order valence-corrected chi connectivity index (χ4v) is 3.23. The number of aromatic nitrogens is 1. The second-order valence-corrected chi connectivity index (χ2v) is 7.23. The third kappa shape index (κ3) is 5.34. The van der Waals surface area contributed by atoms with Crippen LogP contribution in [0.2, 0.25) is 0 Å². The zero-order valence-electron chi connectivity index (χ0n) is 15.3. The highest BCUT2D eigenvalue weighted by Crippen LogP contribution is 2.21. The van der Waals surface area contributed by atoms with Crippen molar-refractivity contribution in [2.75, 3.05) is 6.54 Å². The van der Waals surface area contributed by atoms with Gasteiger partial charge < -0.3 is 5.32 Å². The summed E-state index contributed by atoms with van der Waals surface area (Å²) in [5, 5.41) is 16.6. The molecule has 0 bridgehead atoms. The van der Waals surface area contributed by atoms with Crippen LogP contribution in [0.5, 0.6) is 0 Å². The predicted octanol–water partition coefficient (Wildman–Crippen LogP) is 4.40. The van der Waals surface area contributed by atoms with Gasteiger partial charge in [-0.1, -0.05) is 24.3 Å². The van der Waals surface area contributed by atoms with Gasteiger partial charge in [-0.3, -0.25) is 14.9 Å². The molecule has 7 heteroatoms. The van der Waals surface area contributed by atoms with Gasteiger partial charge in [0.1, 0.15) is 0 Å². The average Bonchev–Trinajstić information content (AvgIpc) is 3.13. The van der Waals surface area contributed by atoms with E-state index in [-0.39, 0.29) is 11.6 Å². The molecule has 0 saturated heterocycles. The third-order valence-electron chi connectivity index (χ3n) is 4.11. The number of rotatable bonds is 7. The molecule has 6 nitrogen and oxygen atoms in total. The van der Waals surface area contributed by atoms with Crippen molar-refractivity contribution in [3.63, 3.8) is 0 Å². The van der Waals surface area contributed by atoms with E-state index in [4.69, 9.17) is 0 Å². The normalized spacial score (nSPS) is 10.9. The second-order valence-electron chi connectivity index (χ2n) is 6.17. The van der Waals surface area contributed by atoms with E-state index in [1.807, 2.05) is 36.6 Å². The number of non-ortho nitro benzene ring substituents is 1. The highest BCUT2D eigenvalue weighted by Gasteiger charge is 2.04. The number of hydrogen-bond donors (Lipinski definition) is 1. The molecule has 0 radical (unpaired) electrons. The molecule has 3 aromatic rings. The Labute approximate surface area is 166 Å². The van der Waals surface area contributed by atoms with Crippen molar-refractivity contribution in [3.05, 3.63) is 86.2 Å². The molecule has 1 heterocycles. The van der Waals surface area contributed by atoms with Crippen molar-refractivity contribution in [3.8, 4) is 11.3 Å². The van der Waals surface area contributed by atoms with E-state index in [1.165, 1.54) is 18.2 Å². The molecule has 3 rings (SSSR count). The Bertz CT molecular complexity index is 992. The Hall–Kier alpha value is -3.32. The largest absolute Gasteiger partial charge is 0.352 e. The van der Waals surface area contributed by atoms with Gasteiger partial charge in [-0.2, -0.15) is 0 Å². The van der Waals surface area contributed by atoms with Crippen LogP contribution in [0.4, 0.5) is 5.69 Å². The maximum Gasteiger partial charge on any atom is 0.269 e. The van der Waals surface area contributed by atoms with Crippen molar-refractivity contribution in [2.45, 2.75) is 13.3 Å². The van der Waals surface area contributed by atoms with Gasteiger partial charge >= 0.3 is 0 Å². The number of carbonyl (C=O) groups is 1. The first-order valence-electron chi connectivity index (χ1n) is 8.73. The monoisotopic (exact) mass is 393 g/mol. The Kier molecular flexibility index (Phi) is 6.29. The summed E-state index contributed by atoms with van der Waals surface area (Å²) in [5.74, 6) is -0.201. The molecule has 0 unspecified atom stereocenters. The smallest absolute Gasteiger partial charge is 0.269 e. The lowest BCUT2D eigenvalue weighted by Gasteiger charge is -2.04. The van der Waals surface area contributed by atoms with E-state index in [9.17, 15) is 14.9 Å². The Balaban J connectivity index is 1.46. The summed E-state index contributed by atoms with van der Waals surface area (Å²) in [6.45, 7) is 2.51.